The van der Waals surface area contributed by atoms with Gasteiger partial charge in [-0.15, -0.1) is 5.92 Å². The number of nitrogens with one attached hydrogen (secondary N) is 2. The molecule has 1 amide bonds. The van der Waals surface area contributed by atoms with Crippen LogP contribution in [0.3, 0.4) is 0 Å². The zero-order chi connectivity index (χ0) is 26.3. The molecule has 7 heteroatoms. The predicted octanol–water partition coefficient (Wildman–Crippen LogP) is 4.74. The molecule has 0 fully saturated rings. The summed E-state index contributed by atoms with van der Waals surface area (Å²) in [6.07, 6.45) is 6.69. The molecule has 0 saturated heterocycles. The van der Waals surface area contributed by atoms with E-state index in [0.29, 0.717) is 16.9 Å². The quantitative estimate of drug-likeness (QED) is 0.317. The van der Waals surface area contributed by atoms with Gasteiger partial charge < -0.3 is 10.2 Å². The molecule has 6 nitrogen and oxygen atoms in total. The number of nitrogens with zero attached hydrogens (tertiary/aromatic N) is 1. The Balaban J connectivity index is 1.32. The summed E-state index contributed by atoms with van der Waals surface area (Å²) in [7, 11) is 0.110. The van der Waals surface area contributed by atoms with Crippen LogP contribution >= 0.6 is 0 Å². The maximum absolute atomic E-state index is 13.0. The molecule has 0 radical (unpaired) electrons. The molecule has 0 spiro atoms. The summed E-state index contributed by atoms with van der Waals surface area (Å²) in [6.45, 7) is 0.279. The number of sulfonamides is 1. The molecule has 0 bridgehead atoms. The van der Waals surface area contributed by atoms with Crippen molar-refractivity contribution in [3.8, 4) is 11.8 Å². The number of carbonyl (C=O) groups is 1. The van der Waals surface area contributed by atoms with Crippen molar-refractivity contribution in [2.45, 2.75) is 43.4 Å². The van der Waals surface area contributed by atoms with Crippen molar-refractivity contribution in [3.05, 3.63) is 71.8 Å². The van der Waals surface area contributed by atoms with Gasteiger partial charge in [-0.25, -0.2) is 13.1 Å². The Hall–Kier alpha value is -3.34. The zero-order valence-corrected chi connectivity index (χ0v) is 22.4. The fraction of sp³-hybridized carbons (Fsp3) is 0.367. The van der Waals surface area contributed by atoms with Crippen molar-refractivity contribution in [1.29, 1.82) is 0 Å². The van der Waals surface area contributed by atoms with E-state index in [4.69, 9.17) is 0 Å². The number of anilines is 1. The van der Waals surface area contributed by atoms with Gasteiger partial charge >= 0.3 is 0 Å². The Labute approximate surface area is 220 Å². The van der Waals surface area contributed by atoms with Crippen molar-refractivity contribution in [2.75, 3.05) is 32.1 Å². The van der Waals surface area contributed by atoms with Gasteiger partial charge in [0.1, 0.15) is 0 Å². The molecular weight excluding hydrogens is 482 g/mol. The number of benzene rings is 3. The second-order valence-corrected chi connectivity index (χ2v) is 11.4. The summed E-state index contributed by atoms with van der Waals surface area (Å²) in [5.74, 6) is 6.84. The van der Waals surface area contributed by atoms with Crippen LogP contribution in [0.2, 0.25) is 0 Å². The highest BCUT2D eigenvalue weighted by Crippen LogP contribution is 2.30. The van der Waals surface area contributed by atoms with E-state index in [0.717, 1.165) is 30.3 Å². The van der Waals surface area contributed by atoms with Crippen molar-refractivity contribution in [3.63, 3.8) is 0 Å². The van der Waals surface area contributed by atoms with Gasteiger partial charge in [-0.2, -0.15) is 0 Å². The highest BCUT2D eigenvalue weighted by atomic mass is 32.2. The maximum atomic E-state index is 13.0. The first-order chi connectivity index (χ1) is 17.8. The monoisotopic (exact) mass is 517 g/mol. The van der Waals surface area contributed by atoms with Crippen LogP contribution in [0, 0.1) is 17.8 Å². The maximum Gasteiger partial charge on any atom is 0.251 e. The van der Waals surface area contributed by atoms with Crippen LogP contribution in [0.25, 0.3) is 10.8 Å². The Morgan fingerprint density at radius 2 is 1.70 bits per heavy atom. The number of amides is 1. The summed E-state index contributed by atoms with van der Waals surface area (Å²) < 4.78 is 28.7. The van der Waals surface area contributed by atoms with Gasteiger partial charge in [0, 0.05) is 61.5 Å². The fourth-order valence-electron chi connectivity index (χ4n) is 4.73. The van der Waals surface area contributed by atoms with Gasteiger partial charge in [0.2, 0.25) is 10.0 Å². The molecule has 2 N–H and O–H groups in total. The minimum Gasteiger partial charge on any atom is -0.377 e. The Morgan fingerprint density at radius 3 is 2.49 bits per heavy atom. The van der Waals surface area contributed by atoms with E-state index in [1.807, 2.05) is 67.5 Å². The SMILES string of the molecule is CN(C)c1cccc2c(S(=O)(=O)NCCNC(=O)c3ccc(CC4C#CCCCCC4)cc3)cccc12. The van der Waals surface area contributed by atoms with E-state index in [1.165, 1.54) is 24.8 Å². The third kappa shape index (κ3) is 6.91. The van der Waals surface area contributed by atoms with E-state index in [2.05, 4.69) is 21.9 Å². The summed E-state index contributed by atoms with van der Waals surface area (Å²) in [6, 6.07) is 18.5. The Kier molecular flexibility index (Phi) is 8.86. The molecule has 0 aliphatic heterocycles. The van der Waals surface area contributed by atoms with Crippen molar-refractivity contribution in [1.82, 2.24) is 10.0 Å². The lowest BCUT2D eigenvalue weighted by Crippen LogP contribution is -2.34. The van der Waals surface area contributed by atoms with E-state index >= 15 is 0 Å². The smallest absolute Gasteiger partial charge is 0.251 e. The molecule has 194 valence electrons. The lowest BCUT2D eigenvalue weighted by Gasteiger charge is -2.17. The van der Waals surface area contributed by atoms with E-state index in [9.17, 15) is 13.2 Å². The number of rotatable bonds is 9. The topological polar surface area (TPSA) is 78.5 Å². The molecule has 1 aliphatic rings. The summed E-state index contributed by atoms with van der Waals surface area (Å²) >= 11 is 0. The molecule has 0 saturated carbocycles. The van der Waals surface area contributed by atoms with E-state index in [1.54, 1.807) is 12.1 Å². The van der Waals surface area contributed by atoms with Gasteiger partial charge in [-0.1, -0.05) is 55.2 Å². The molecule has 1 unspecified atom stereocenters. The fourth-order valence-corrected chi connectivity index (χ4v) is 5.98. The van der Waals surface area contributed by atoms with Gasteiger partial charge in [-0.3, -0.25) is 4.79 Å². The molecular formula is C30H35N3O3S. The molecule has 1 aliphatic carbocycles. The Morgan fingerprint density at radius 1 is 0.946 bits per heavy atom. The molecule has 0 aromatic heterocycles. The van der Waals surface area contributed by atoms with Gasteiger partial charge in [0.15, 0.2) is 0 Å². The normalized spacial score (nSPS) is 15.8. The van der Waals surface area contributed by atoms with E-state index < -0.39 is 10.0 Å². The standard InChI is InChI=1S/C30H35N3O3S/c1-33(2)28-14-8-13-27-26(28)12-9-15-29(27)37(35,36)32-21-20-31-30(34)25-18-16-24(17-19-25)22-23-10-6-4-3-5-7-11-23/h8-9,12-19,23,32H,3-6,10,20-22H2,1-2H3,(H,31,34). The van der Waals surface area contributed by atoms with Crippen LogP contribution < -0.4 is 14.9 Å². The molecule has 4 rings (SSSR count). The van der Waals surface area contributed by atoms with Crippen LogP contribution in [-0.4, -0.2) is 41.5 Å². The minimum atomic E-state index is -3.75. The zero-order valence-electron chi connectivity index (χ0n) is 21.6. The van der Waals surface area contributed by atoms with Crippen LogP contribution in [0.1, 0.15) is 48.0 Å². The third-order valence-electron chi connectivity index (χ3n) is 6.69. The Bertz CT molecular complexity index is 1400. The summed E-state index contributed by atoms with van der Waals surface area (Å²) in [5.41, 5.74) is 2.68. The molecule has 3 aromatic rings. The van der Waals surface area contributed by atoms with Crippen LogP contribution in [0.15, 0.2) is 65.6 Å². The highest BCUT2D eigenvalue weighted by Gasteiger charge is 2.18. The summed E-state index contributed by atoms with van der Waals surface area (Å²) in [5, 5.41) is 4.34. The van der Waals surface area contributed by atoms with Crippen molar-refractivity contribution >= 4 is 32.4 Å². The van der Waals surface area contributed by atoms with Crippen molar-refractivity contribution < 1.29 is 13.2 Å². The minimum absolute atomic E-state index is 0.0935. The average molecular weight is 518 g/mol. The number of hydrogen-bond acceptors (Lipinski definition) is 4. The summed E-state index contributed by atoms with van der Waals surface area (Å²) in [4.78, 5) is 14.8. The predicted molar refractivity (Wildman–Crippen MR) is 150 cm³/mol. The lowest BCUT2D eigenvalue weighted by molar-refractivity contribution is 0.0954. The number of hydrogen-bond donors (Lipinski definition) is 2. The molecule has 0 heterocycles. The second-order valence-electron chi connectivity index (χ2n) is 9.69. The van der Waals surface area contributed by atoms with Gasteiger partial charge in [0.05, 0.1) is 4.90 Å². The lowest BCUT2D eigenvalue weighted by atomic mass is 9.92. The molecule has 3 aromatic carbocycles. The first-order valence-corrected chi connectivity index (χ1v) is 14.4. The molecule has 1 atom stereocenters. The average Bonchev–Trinajstić information content (AvgIpc) is 2.87. The number of carbonyl (C=O) groups excluding carboxylic acids is 1. The third-order valence-corrected chi connectivity index (χ3v) is 8.21. The first-order valence-electron chi connectivity index (χ1n) is 12.9. The van der Waals surface area contributed by atoms with Crippen molar-refractivity contribution in [2.24, 2.45) is 5.92 Å². The van der Waals surface area contributed by atoms with Gasteiger partial charge in [-0.05, 0) is 49.1 Å². The largest absolute Gasteiger partial charge is 0.377 e. The van der Waals surface area contributed by atoms with Crippen LogP contribution in [0.5, 0.6) is 0 Å². The second kappa shape index (κ2) is 12.3. The highest BCUT2D eigenvalue weighted by molar-refractivity contribution is 7.89. The first kappa shape index (κ1) is 26.7. The van der Waals surface area contributed by atoms with E-state index in [-0.39, 0.29) is 23.9 Å². The van der Waals surface area contributed by atoms with Gasteiger partial charge in [0.25, 0.3) is 5.91 Å². The van der Waals surface area contributed by atoms with Crippen LogP contribution in [0.4, 0.5) is 5.69 Å². The number of fused-ring (bicyclic) bond motifs is 1. The van der Waals surface area contributed by atoms with Crippen LogP contribution in [-0.2, 0) is 16.4 Å². The molecule has 37 heavy (non-hydrogen) atoms.